The van der Waals surface area contributed by atoms with Gasteiger partial charge in [-0.05, 0) is 52.5 Å². The van der Waals surface area contributed by atoms with Gasteiger partial charge in [-0.2, -0.15) is 0 Å². The van der Waals surface area contributed by atoms with Gasteiger partial charge in [0.25, 0.3) is 0 Å². The molecule has 1 aromatic heterocycles. The van der Waals surface area contributed by atoms with Crippen molar-refractivity contribution >= 4 is 0 Å². The van der Waals surface area contributed by atoms with Gasteiger partial charge in [-0.25, -0.2) is 0 Å². The second-order valence-corrected chi connectivity index (χ2v) is 6.99. The zero-order valence-electron chi connectivity index (χ0n) is 14.0. The summed E-state index contributed by atoms with van der Waals surface area (Å²) in [5, 5.41) is 3.43. The van der Waals surface area contributed by atoms with E-state index in [4.69, 9.17) is 9.15 Å². The maximum Gasteiger partial charge on any atom is 0.118 e. The number of rotatable bonds is 8. The van der Waals surface area contributed by atoms with Gasteiger partial charge in [-0.15, -0.1) is 0 Å². The fourth-order valence-electron chi connectivity index (χ4n) is 1.95. The third-order valence-corrected chi connectivity index (χ3v) is 3.19. The summed E-state index contributed by atoms with van der Waals surface area (Å²) in [6, 6.07) is 2.11. The summed E-state index contributed by atoms with van der Waals surface area (Å²) < 4.78 is 11.5. The van der Waals surface area contributed by atoms with Crippen LogP contribution in [0.5, 0.6) is 0 Å². The number of nitrogens with one attached hydrogen (secondary N) is 1. The average Bonchev–Trinajstić information content (AvgIpc) is 2.66. The molecule has 0 bridgehead atoms. The minimum atomic E-state index is 0.105. The van der Waals surface area contributed by atoms with E-state index in [-0.39, 0.29) is 5.54 Å². The van der Waals surface area contributed by atoms with Crippen LogP contribution in [0.4, 0.5) is 0 Å². The predicted molar refractivity (Wildman–Crippen MR) is 83.8 cm³/mol. The van der Waals surface area contributed by atoms with Crippen LogP contribution in [0, 0.1) is 12.8 Å². The topological polar surface area (TPSA) is 34.4 Å². The quantitative estimate of drug-likeness (QED) is 0.716. The van der Waals surface area contributed by atoms with Crippen molar-refractivity contribution in [2.75, 3.05) is 6.61 Å². The van der Waals surface area contributed by atoms with E-state index in [0.29, 0.717) is 6.61 Å². The van der Waals surface area contributed by atoms with Crippen molar-refractivity contribution in [2.45, 2.75) is 73.1 Å². The lowest BCUT2D eigenvalue weighted by Gasteiger charge is -2.19. The standard InChI is InChI=1S/C17H31NO2/c1-13(2)8-7-9-19-12-15-10-16(20-14(15)3)11-18-17(4,5)6/h10,13,18H,7-9,11-12H2,1-6H3. The van der Waals surface area contributed by atoms with Gasteiger partial charge in [0.2, 0.25) is 0 Å². The molecule has 1 heterocycles. The van der Waals surface area contributed by atoms with Gasteiger partial charge >= 0.3 is 0 Å². The number of ether oxygens (including phenoxy) is 1. The summed E-state index contributed by atoms with van der Waals surface area (Å²) in [6.07, 6.45) is 2.36. The van der Waals surface area contributed by atoms with Crippen molar-refractivity contribution in [3.8, 4) is 0 Å². The first-order valence-corrected chi connectivity index (χ1v) is 7.69. The number of furan rings is 1. The summed E-state index contributed by atoms with van der Waals surface area (Å²) >= 11 is 0. The van der Waals surface area contributed by atoms with Gasteiger partial charge in [0, 0.05) is 17.7 Å². The van der Waals surface area contributed by atoms with E-state index in [0.717, 1.165) is 37.0 Å². The minimum absolute atomic E-state index is 0.105. The van der Waals surface area contributed by atoms with Crippen molar-refractivity contribution in [2.24, 2.45) is 5.92 Å². The van der Waals surface area contributed by atoms with Crippen molar-refractivity contribution < 1.29 is 9.15 Å². The SMILES string of the molecule is Cc1oc(CNC(C)(C)C)cc1COCCCC(C)C. The maximum atomic E-state index is 5.76. The highest BCUT2D eigenvalue weighted by atomic mass is 16.5. The highest BCUT2D eigenvalue weighted by Gasteiger charge is 2.12. The number of hydrogen-bond donors (Lipinski definition) is 1. The molecule has 0 atom stereocenters. The molecular formula is C17H31NO2. The molecule has 20 heavy (non-hydrogen) atoms. The molecule has 0 fully saturated rings. The molecule has 1 N–H and O–H groups in total. The van der Waals surface area contributed by atoms with Crippen LogP contribution in [0.25, 0.3) is 0 Å². The van der Waals surface area contributed by atoms with Gasteiger partial charge in [0.15, 0.2) is 0 Å². The Labute approximate surface area is 124 Å². The smallest absolute Gasteiger partial charge is 0.118 e. The third kappa shape index (κ3) is 7.11. The fraction of sp³-hybridized carbons (Fsp3) is 0.765. The first-order valence-electron chi connectivity index (χ1n) is 7.69. The molecule has 0 radical (unpaired) electrons. The molecule has 0 spiro atoms. The second-order valence-electron chi connectivity index (χ2n) is 6.99. The molecule has 3 nitrogen and oxygen atoms in total. The largest absolute Gasteiger partial charge is 0.465 e. The van der Waals surface area contributed by atoms with E-state index >= 15 is 0 Å². The van der Waals surface area contributed by atoms with Crippen molar-refractivity contribution in [3.05, 3.63) is 23.2 Å². The molecule has 0 aromatic carbocycles. The highest BCUT2D eigenvalue weighted by molar-refractivity contribution is 5.20. The van der Waals surface area contributed by atoms with Crippen LogP contribution < -0.4 is 5.32 Å². The van der Waals surface area contributed by atoms with Gasteiger partial charge in [-0.1, -0.05) is 13.8 Å². The van der Waals surface area contributed by atoms with Gasteiger partial charge < -0.3 is 14.5 Å². The molecule has 1 rings (SSSR count). The van der Waals surface area contributed by atoms with Crippen LogP contribution in [0.2, 0.25) is 0 Å². The third-order valence-electron chi connectivity index (χ3n) is 3.19. The van der Waals surface area contributed by atoms with Crippen LogP contribution >= 0.6 is 0 Å². The summed E-state index contributed by atoms with van der Waals surface area (Å²) in [7, 11) is 0. The summed E-state index contributed by atoms with van der Waals surface area (Å²) in [4.78, 5) is 0. The molecule has 0 aliphatic rings. The number of hydrogen-bond acceptors (Lipinski definition) is 3. The van der Waals surface area contributed by atoms with E-state index < -0.39 is 0 Å². The lowest BCUT2D eigenvalue weighted by atomic mass is 10.1. The van der Waals surface area contributed by atoms with E-state index in [9.17, 15) is 0 Å². The highest BCUT2D eigenvalue weighted by Crippen LogP contribution is 2.17. The molecular weight excluding hydrogens is 250 g/mol. The van der Waals surface area contributed by atoms with Crippen molar-refractivity contribution in [1.29, 1.82) is 0 Å². The second kappa shape index (κ2) is 7.84. The van der Waals surface area contributed by atoms with Crippen molar-refractivity contribution in [3.63, 3.8) is 0 Å². The van der Waals surface area contributed by atoms with Crippen LogP contribution in [0.15, 0.2) is 10.5 Å². The first kappa shape index (κ1) is 17.3. The van der Waals surface area contributed by atoms with E-state index in [1.165, 1.54) is 12.0 Å². The Morgan fingerprint density at radius 2 is 2.00 bits per heavy atom. The van der Waals surface area contributed by atoms with E-state index in [1.54, 1.807) is 0 Å². The molecule has 0 unspecified atom stereocenters. The lowest BCUT2D eigenvalue weighted by molar-refractivity contribution is 0.114. The van der Waals surface area contributed by atoms with Crippen molar-refractivity contribution in [1.82, 2.24) is 5.32 Å². The zero-order valence-corrected chi connectivity index (χ0v) is 14.0. The van der Waals surface area contributed by atoms with Crippen LogP contribution in [-0.2, 0) is 17.9 Å². The molecule has 0 aliphatic heterocycles. The average molecular weight is 281 g/mol. The molecule has 1 aromatic rings. The number of aryl methyl sites for hydroxylation is 1. The van der Waals surface area contributed by atoms with Crippen LogP contribution in [0.3, 0.4) is 0 Å². The Morgan fingerprint density at radius 1 is 1.30 bits per heavy atom. The van der Waals surface area contributed by atoms with Crippen LogP contribution in [0.1, 0.15) is 64.5 Å². The first-order chi connectivity index (χ1) is 9.28. The maximum absolute atomic E-state index is 5.76. The summed E-state index contributed by atoms with van der Waals surface area (Å²) in [5.74, 6) is 2.71. The Kier molecular flexibility index (Phi) is 6.77. The Bertz CT molecular complexity index is 388. The van der Waals surface area contributed by atoms with Gasteiger partial charge in [0.1, 0.15) is 11.5 Å². The minimum Gasteiger partial charge on any atom is -0.465 e. The van der Waals surface area contributed by atoms with E-state index in [2.05, 4.69) is 46.0 Å². The normalized spacial score (nSPS) is 12.3. The Hall–Kier alpha value is -0.800. The lowest BCUT2D eigenvalue weighted by Crippen LogP contribution is -2.34. The molecule has 3 heteroatoms. The molecule has 0 amide bonds. The summed E-state index contributed by atoms with van der Waals surface area (Å²) in [5.41, 5.74) is 1.27. The zero-order chi connectivity index (χ0) is 15.2. The fourth-order valence-corrected chi connectivity index (χ4v) is 1.95. The molecule has 0 saturated carbocycles. The molecule has 0 aliphatic carbocycles. The Balaban J connectivity index is 2.34. The summed E-state index contributed by atoms with van der Waals surface area (Å²) in [6.45, 7) is 15.2. The Morgan fingerprint density at radius 3 is 2.60 bits per heavy atom. The van der Waals surface area contributed by atoms with Gasteiger partial charge in [-0.3, -0.25) is 0 Å². The molecule has 0 saturated heterocycles. The van der Waals surface area contributed by atoms with Gasteiger partial charge in [0.05, 0.1) is 13.2 Å². The predicted octanol–water partition coefficient (Wildman–Crippen LogP) is 4.43. The molecule has 116 valence electrons. The van der Waals surface area contributed by atoms with Crippen LogP contribution in [-0.4, -0.2) is 12.1 Å². The van der Waals surface area contributed by atoms with E-state index in [1.807, 2.05) is 6.92 Å². The monoisotopic (exact) mass is 281 g/mol.